The van der Waals surface area contributed by atoms with Gasteiger partial charge in [-0.05, 0) is 6.42 Å². The van der Waals surface area contributed by atoms with E-state index in [1.807, 2.05) is 0 Å². The first-order valence-corrected chi connectivity index (χ1v) is 5.63. The lowest BCUT2D eigenvalue weighted by atomic mass is 10.0. The maximum atomic E-state index is 11.1. The van der Waals surface area contributed by atoms with Crippen molar-refractivity contribution in [1.82, 2.24) is 4.90 Å². The lowest BCUT2D eigenvalue weighted by Gasteiger charge is -2.30. The minimum atomic E-state index is -0.0764. The van der Waals surface area contributed by atoms with Gasteiger partial charge in [-0.15, -0.1) is 0 Å². The van der Waals surface area contributed by atoms with Crippen molar-refractivity contribution in [3.8, 4) is 11.8 Å². The highest BCUT2D eigenvalue weighted by molar-refractivity contribution is 5.79. The number of likely N-dealkylation sites (tertiary alicyclic amines) is 1. The lowest BCUT2D eigenvalue weighted by molar-refractivity contribution is -0.121. The van der Waals surface area contributed by atoms with Gasteiger partial charge in [0.1, 0.15) is 12.4 Å². The molecule has 0 aliphatic carbocycles. The van der Waals surface area contributed by atoms with E-state index < -0.39 is 0 Å². The van der Waals surface area contributed by atoms with Crippen molar-refractivity contribution in [2.45, 2.75) is 38.6 Å². The van der Waals surface area contributed by atoms with E-state index in [4.69, 9.17) is 5.11 Å². The molecule has 15 heavy (non-hydrogen) atoms. The van der Waals surface area contributed by atoms with Crippen LogP contribution in [0.2, 0.25) is 0 Å². The van der Waals surface area contributed by atoms with Gasteiger partial charge in [-0.25, -0.2) is 0 Å². The van der Waals surface area contributed by atoms with Gasteiger partial charge < -0.3 is 5.11 Å². The number of nitrogens with zero attached hydrogens (tertiary/aromatic N) is 1. The Kier molecular flexibility index (Phi) is 5.38. The van der Waals surface area contributed by atoms with Gasteiger partial charge in [0.15, 0.2) is 0 Å². The van der Waals surface area contributed by atoms with Gasteiger partial charge in [0.25, 0.3) is 0 Å². The second kappa shape index (κ2) is 6.60. The van der Waals surface area contributed by atoms with Crippen LogP contribution in [0.4, 0.5) is 0 Å². The van der Waals surface area contributed by atoms with Crippen LogP contribution in [0.25, 0.3) is 0 Å². The Morgan fingerprint density at radius 3 is 2.67 bits per heavy atom. The molecule has 1 heterocycles. The van der Waals surface area contributed by atoms with Crippen molar-refractivity contribution in [3.63, 3.8) is 0 Å². The molecule has 1 N–H and O–H groups in total. The van der Waals surface area contributed by atoms with E-state index >= 15 is 0 Å². The summed E-state index contributed by atoms with van der Waals surface area (Å²) in [6.45, 7) is 3.70. The Balaban J connectivity index is 2.51. The van der Waals surface area contributed by atoms with Crippen LogP contribution in [0.1, 0.15) is 32.6 Å². The van der Waals surface area contributed by atoms with Crippen LogP contribution in [0.15, 0.2) is 0 Å². The highest BCUT2D eigenvalue weighted by Crippen LogP contribution is 2.13. The number of carbonyl (C=O) groups is 1. The standard InChI is InChI=1S/C12H19NO2/c1-2-4-11(5-3-10-14)13-8-6-12(15)7-9-13/h11,14H,2,4,6-10H2,1H3. The molecule has 1 saturated heterocycles. The summed E-state index contributed by atoms with van der Waals surface area (Å²) in [6.07, 6.45) is 3.40. The first-order chi connectivity index (χ1) is 7.27. The van der Waals surface area contributed by atoms with Crippen LogP contribution < -0.4 is 0 Å². The largest absolute Gasteiger partial charge is 0.384 e. The highest BCUT2D eigenvalue weighted by atomic mass is 16.2. The number of rotatable bonds is 3. The van der Waals surface area contributed by atoms with Crippen LogP contribution in [-0.2, 0) is 4.79 Å². The van der Waals surface area contributed by atoms with E-state index in [9.17, 15) is 4.79 Å². The molecule has 0 spiro atoms. The third-order valence-corrected chi connectivity index (χ3v) is 2.71. The number of hydrogen-bond acceptors (Lipinski definition) is 3. The van der Waals surface area contributed by atoms with Gasteiger partial charge in [0, 0.05) is 25.9 Å². The number of carbonyl (C=O) groups excluding carboxylic acids is 1. The Hall–Kier alpha value is -0.850. The number of aliphatic hydroxyl groups excluding tert-OH is 1. The van der Waals surface area contributed by atoms with Gasteiger partial charge in [0.05, 0.1) is 6.04 Å². The molecule has 1 atom stereocenters. The van der Waals surface area contributed by atoms with Crippen LogP contribution in [-0.4, -0.2) is 41.5 Å². The fourth-order valence-corrected chi connectivity index (χ4v) is 1.87. The summed E-state index contributed by atoms with van der Waals surface area (Å²) < 4.78 is 0. The molecular weight excluding hydrogens is 190 g/mol. The molecule has 0 bridgehead atoms. The smallest absolute Gasteiger partial charge is 0.135 e. The van der Waals surface area contributed by atoms with Gasteiger partial charge >= 0.3 is 0 Å². The number of ketones is 1. The minimum Gasteiger partial charge on any atom is -0.384 e. The number of piperidine rings is 1. The maximum Gasteiger partial charge on any atom is 0.135 e. The molecule has 0 aromatic carbocycles. The van der Waals surface area contributed by atoms with E-state index in [2.05, 4.69) is 23.7 Å². The SMILES string of the molecule is CCCC(C#CCO)N1CCC(=O)CC1. The predicted octanol–water partition coefficient (Wildman–Crippen LogP) is 0.816. The normalized spacial score (nSPS) is 19.5. The summed E-state index contributed by atoms with van der Waals surface area (Å²) in [6, 6.07) is 0.218. The van der Waals surface area contributed by atoms with Crippen LogP contribution in [0, 0.1) is 11.8 Å². The molecule has 0 radical (unpaired) electrons. The van der Waals surface area contributed by atoms with E-state index in [1.54, 1.807) is 0 Å². The second-order valence-electron chi connectivity index (χ2n) is 3.86. The first kappa shape index (κ1) is 12.2. The molecule has 3 nitrogen and oxygen atoms in total. The van der Waals surface area contributed by atoms with Gasteiger partial charge in [-0.3, -0.25) is 9.69 Å². The van der Waals surface area contributed by atoms with Crippen molar-refractivity contribution >= 4 is 5.78 Å². The third-order valence-electron chi connectivity index (χ3n) is 2.71. The van der Waals surface area contributed by atoms with Crippen LogP contribution >= 0.6 is 0 Å². The molecule has 1 rings (SSSR count). The van der Waals surface area contributed by atoms with Gasteiger partial charge in [-0.2, -0.15) is 0 Å². The van der Waals surface area contributed by atoms with E-state index in [0.717, 1.165) is 25.9 Å². The minimum absolute atomic E-state index is 0.0764. The Labute approximate surface area is 91.5 Å². The van der Waals surface area contributed by atoms with E-state index in [0.29, 0.717) is 18.6 Å². The molecular formula is C12H19NO2. The fraction of sp³-hybridized carbons (Fsp3) is 0.750. The summed E-state index contributed by atoms with van der Waals surface area (Å²) >= 11 is 0. The van der Waals surface area contributed by atoms with Crippen molar-refractivity contribution in [3.05, 3.63) is 0 Å². The predicted molar refractivity (Wildman–Crippen MR) is 59.4 cm³/mol. The first-order valence-electron chi connectivity index (χ1n) is 5.63. The number of hydrogen-bond donors (Lipinski definition) is 1. The molecule has 0 saturated carbocycles. The van der Waals surface area contributed by atoms with Crippen molar-refractivity contribution < 1.29 is 9.90 Å². The molecule has 0 aromatic heterocycles. The topological polar surface area (TPSA) is 40.5 Å². The average Bonchev–Trinajstić information content (AvgIpc) is 2.25. The molecule has 1 aliphatic rings. The zero-order valence-corrected chi connectivity index (χ0v) is 9.33. The zero-order valence-electron chi connectivity index (χ0n) is 9.33. The van der Waals surface area contributed by atoms with Crippen LogP contribution in [0.5, 0.6) is 0 Å². The lowest BCUT2D eigenvalue weighted by Crippen LogP contribution is -2.40. The number of Topliss-reactive ketones (excluding diaryl/α,β-unsaturated/α-hetero) is 1. The monoisotopic (exact) mass is 209 g/mol. The Morgan fingerprint density at radius 1 is 1.47 bits per heavy atom. The molecule has 1 aliphatic heterocycles. The van der Waals surface area contributed by atoms with Gasteiger partial charge in [0.2, 0.25) is 0 Å². The Morgan fingerprint density at radius 2 is 2.13 bits per heavy atom. The molecule has 0 amide bonds. The third kappa shape index (κ3) is 4.03. The van der Waals surface area contributed by atoms with Crippen LogP contribution in [0.3, 0.4) is 0 Å². The second-order valence-corrected chi connectivity index (χ2v) is 3.86. The Bertz CT molecular complexity index is 255. The fourth-order valence-electron chi connectivity index (χ4n) is 1.87. The molecule has 84 valence electrons. The van der Waals surface area contributed by atoms with E-state index in [1.165, 1.54) is 0 Å². The molecule has 3 heteroatoms. The molecule has 1 unspecified atom stereocenters. The van der Waals surface area contributed by atoms with Gasteiger partial charge in [-0.1, -0.05) is 25.2 Å². The van der Waals surface area contributed by atoms with E-state index in [-0.39, 0.29) is 12.6 Å². The number of aliphatic hydroxyl groups is 1. The zero-order chi connectivity index (χ0) is 11.1. The average molecular weight is 209 g/mol. The highest BCUT2D eigenvalue weighted by Gasteiger charge is 2.21. The van der Waals surface area contributed by atoms with Crippen molar-refractivity contribution in [1.29, 1.82) is 0 Å². The van der Waals surface area contributed by atoms with Crippen molar-refractivity contribution in [2.24, 2.45) is 0 Å². The summed E-state index contributed by atoms with van der Waals surface area (Å²) in [5, 5.41) is 8.68. The summed E-state index contributed by atoms with van der Waals surface area (Å²) in [5.41, 5.74) is 0. The quantitative estimate of drug-likeness (QED) is 0.699. The maximum absolute atomic E-state index is 11.1. The summed E-state index contributed by atoms with van der Waals surface area (Å²) in [4.78, 5) is 13.4. The molecule has 0 aromatic rings. The summed E-state index contributed by atoms with van der Waals surface area (Å²) in [7, 11) is 0. The summed E-state index contributed by atoms with van der Waals surface area (Å²) in [5.74, 6) is 6.15. The van der Waals surface area contributed by atoms with Crippen molar-refractivity contribution in [2.75, 3.05) is 19.7 Å². The molecule has 1 fully saturated rings.